The number of phenols is 1. The summed E-state index contributed by atoms with van der Waals surface area (Å²) in [7, 11) is 1.62. The van der Waals surface area contributed by atoms with E-state index < -0.39 is 0 Å². The highest BCUT2D eigenvalue weighted by atomic mass is 32.1. The van der Waals surface area contributed by atoms with Gasteiger partial charge in [-0.05, 0) is 59.2 Å². The first kappa shape index (κ1) is 16.9. The van der Waals surface area contributed by atoms with Crippen molar-refractivity contribution in [2.24, 2.45) is 5.18 Å². The van der Waals surface area contributed by atoms with Crippen molar-refractivity contribution in [3.8, 4) is 28.6 Å². The Hall–Kier alpha value is -3.52. The quantitative estimate of drug-likeness (QED) is 0.391. The van der Waals surface area contributed by atoms with Crippen LogP contribution in [0.15, 0.2) is 59.8 Å². The Labute approximate surface area is 158 Å². The van der Waals surface area contributed by atoms with Gasteiger partial charge in [0.05, 0.1) is 18.4 Å². The first-order valence-corrected chi connectivity index (χ1v) is 8.44. The molecule has 4 rings (SSSR count). The number of aromatic amines is 1. The summed E-state index contributed by atoms with van der Waals surface area (Å²) in [5.74, 6) is 1.08. The lowest BCUT2D eigenvalue weighted by Gasteiger charge is -2.12. The van der Waals surface area contributed by atoms with Crippen molar-refractivity contribution in [2.45, 2.75) is 0 Å². The number of hydrogen-bond acceptors (Lipinski definition) is 6. The van der Waals surface area contributed by atoms with Gasteiger partial charge in [-0.1, -0.05) is 12.1 Å². The molecule has 8 heteroatoms. The molecule has 3 aromatic carbocycles. The monoisotopic (exact) mass is 378 g/mol. The molecule has 0 fully saturated rings. The summed E-state index contributed by atoms with van der Waals surface area (Å²) in [4.78, 5) is 10.7. The summed E-state index contributed by atoms with van der Waals surface area (Å²) in [5, 5.41) is 22.1. The number of hydrogen-bond donors (Lipinski definition) is 2. The molecule has 0 spiro atoms. The molecule has 0 radical (unpaired) electrons. The first-order chi connectivity index (χ1) is 13.1. The molecular formula is C19H14N4O3S. The van der Waals surface area contributed by atoms with Crippen LogP contribution in [0.25, 0.3) is 27.8 Å². The minimum atomic E-state index is -0.107. The van der Waals surface area contributed by atoms with Crippen LogP contribution in [-0.2, 0) is 0 Å². The van der Waals surface area contributed by atoms with Gasteiger partial charge in [0.15, 0.2) is 10.6 Å². The van der Waals surface area contributed by atoms with Crippen LogP contribution in [0.5, 0.6) is 11.5 Å². The Morgan fingerprint density at radius 3 is 2.78 bits per heavy atom. The maximum absolute atomic E-state index is 10.7. The number of methoxy groups -OCH3 is 1. The highest BCUT2D eigenvalue weighted by Crippen LogP contribution is 2.34. The van der Waals surface area contributed by atoms with E-state index in [0.717, 1.165) is 22.2 Å². The Morgan fingerprint density at radius 2 is 2.04 bits per heavy atom. The number of rotatable bonds is 4. The lowest BCUT2D eigenvalue weighted by molar-refractivity contribution is 0.415. The van der Waals surface area contributed by atoms with Gasteiger partial charge in [0, 0.05) is 11.5 Å². The van der Waals surface area contributed by atoms with E-state index >= 15 is 0 Å². The minimum Gasteiger partial charge on any atom is -0.507 e. The second-order valence-corrected chi connectivity index (χ2v) is 6.23. The summed E-state index contributed by atoms with van der Waals surface area (Å²) in [6.45, 7) is 0. The zero-order valence-corrected chi connectivity index (χ0v) is 15.0. The maximum Gasteiger partial charge on any atom is 0.200 e. The summed E-state index contributed by atoms with van der Waals surface area (Å²) in [5.41, 5.74) is 1.37. The number of phenolic OH excluding ortho intramolecular Hbond substituents is 1. The zero-order valence-electron chi connectivity index (χ0n) is 14.2. The number of nitroso groups, excluding NO2 is 1. The van der Waals surface area contributed by atoms with Gasteiger partial charge < -0.3 is 9.84 Å². The third kappa shape index (κ3) is 2.85. The van der Waals surface area contributed by atoms with Crippen molar-refractivity contribution >= 4 is 28.7 Å². The molecular weight excluding hydrogens is 364 g/mol. The van der Waals surface area contributed by atoms with E-state index in [0.29, 0.717) is 16.2 Å². The Bertz CT molecular complexity index is 1230. The Morgan fingerprint density at radius 1 is 1.19 bits per heavy atom. The molecule has 4 aromatic rings. The van der Waals surface area contributed by atoms with E-state index in [-0.39, 0.29) is 11.4 Å². The van der Waals surface area contributed by atoms with Crippen molar-refractivity contribution in [1.29, 1.82) is 0 Å². The van der Waals surface area contributed by atoms with Crippen molar-refractivity contribution in [3.63, 3.8) is 0 Å². The molecule has 1 aromatic heterocycles. The molecule has 0 aliphatic carbocycles. The second-order valence-electron chi connectivity index (χ2n) is 5.84. The van der Waals surface area contributed by atoms with Crippen LogP contribution < -0.4 is 4.74 Å². The average molecular weight is 378 g/mol. The number of aromatic hydroxyl groups is 1. The highest BCUT2D eigenvalue weighted by Gasteiger charge is 2.16. The van der Waals surface area contributed by atoms with Crippen LogP contribution in [-0.4, -0.2) is 27.0 Å². The van der Waals surface area contributed by atoms with E-state index in [2.05, 4.69) is 15.4 Å². The van der Waals surface area contributed by atoms with Gasteiger partial charge in [-0.2, -0.15) is 5.10 Å². The highest BCUT2D eigenvalue weighted by molar-refractivity contribution is 7.71. The van der Waals surface area contributed by atoms with Crippen LogP contribution in [0.3, 0.4) is 0 Å². The molecule has 0 saturated carbocycles. The van der Waals surface area contributed by atoms with E-state index in [4.69, 9.17) is 17.0 Å². The number of aromatic nitrogens is 3. The van der Waals surface area contributed by atoms with Crippen molar-refractivity contribution in [3.05, 3.63) is 64.3 Å². The molecule has 0 atom stereocenters. The van der Waals surface area contributed by atoms with Crippen LogP contribution in [0.2, 0.25) is 0 Å². The number of nitrogens with one attached hydrogen (secondary N) is 1. The van der Waals surface area contributed by atoms with Crippen molar-refractivity contribution in [2.75, 3.05) is 7.11 Å². The third-order valence-electron chi connectivity index (χ3n) is 4.31. The van der Waals surface area contributed by atoms with Crippen LogP contribution in [0.4, 0.5) is 5.69 Å². The molecule has 0 amide bonds. The normalized spacial score (nSPS) is 10.9. The Kier molecular flexibility index (Phi) is 4.17. The van der Waals surface area contributed by atoms with Gasteiger partial charge in [0.2, 0.25) is 0 Å². The summed E-state index contributed by atoms with van der Waals surface area (Å²) in [6.07, 6.45) is 0. The lowest BCUT2D eigenvalue weighted by atomic mass is 10.1. The van der Waals surface area contributed by atoms with Crippen LogP contribution in [0, 0.1) is 9.68 Å². The molecule has 134 valence electrons. The fraction of sp³-hybridized carbons (Fsp3) is 0.0526. The van der Waals surface area contributed by atoms with E-state index in [9.17, 15) is 10.0 Å². The van der Waals surface area contributed by atoms with E-state index in [1.54, 1.807) is 17.7 Å². The molecule has 0 saturated heterocycles. The molecule has 0 unspecified atom stereocenters. The SMILES string of the molecule is COc1ccc2c(-n3c(-c4ccc(N=O)cc4O)n[nH]c3=S)cccc2c1. The predicted octanol–water partition coefficient (Wildman–Crippen LogP) is 4.86. The van der Waals surface area contributed by atoms with E-state index in [1.807, 2.05) is 36.4 Å². The van der Waals surface area contributed by atoms with E-state index in [1.165, 1.54) is 12.1 Å². The van der Waals surface area contributed by atoms with Gasteiger partial charge in [-0.15, -0.1) is 4.91 Å². The minimum absolute atomic E-state index is 0.107. The van der Waals surface area contributed by atoms with Gasteiger partial charge in [0.25, 0.3) is 0 Å². The number of nitrogens with zero attached hydrogens (tertiary/aromatic N) is 3. The number of benzene rings is 3. The summed E-state index contributed by atoms with van der Waals surface area (Å²) < 4.78 is 7.42. The van der Waals surface area contributed by atoms with Gasteiger partial charge >= 0.3 is 0 Å². The van der Waals surface area contributed by atoms with Crippen LogP contribution in [0.1, 0.15) is 0 Å². The smallest absolute Gasteiger partial charge is 0.200 e. The molecule has 0 aliphatic heterocycles. The molecule has 7 nitrogen and oxygen atoms in total. The predicted molar refractivity (Wildman–Crippen MR) is 105 cm³/mol. The lowest BCUT2D eigenvalue weighted by Crippen LogP contribution is -1.99. The standard InChI is InChI=1S/C19H14N4O3S/c1-26-13-6-8-14-11(9-13)3-2-4-16(14)23-18(20-21-19(23)27)15-7-5-12(22-25)10-17(15)24/h2-10,24H,1H3,(H,21,27). The Balaban J connectivity index is 1.97. The molecule has 0 aliphatic rings. The van der Waals surface area contributed by atoms with Gasteiger partial charge in [-0.25, -0.2) is 0 Å². The zero-order chi connectivity index (χ0) is 19.0. The van der Waals surface area contributed by atoms with Crippen molar-refractivity contribution in [1.82, 2.24) is 14.8 Å². The number of ether oxygens (including phenoxy) is 1. The molecule has 2 N–H and O–H groups in total. The molecule has 1 heterocycles. The van der Waals surface area contributed by atoms with Crippen molar-refractivity contribution < 1.29 is 9.84 Å². The van der Waals surface area contributed by atoms with Gasteiger partial charge in [-0.3, -0.25) is 9.67 Å². The fourth-order valence-electron chi connectivity index (χ4n) is 3.03. The summed E-state index contributed by atoms with van der Waals surface area (Å²) in [6, 6.07) is 15.9. The molecule has 27 heavy (non-hydrogen) atoms. The topological polar surface area (TPSA) is 92.5 Å². The van der Waals surface area contributed by atoms with Crippen LogP contribution >= 0.6 is 12.2 Å². The largest absolute Gasteiger partial charge is 0.507 e. The molecule has 0 bridgehead atoms. The summed E-state index contributed by atoms with van der Waals surface area (Å²) >= 11 is 5.43. The maximum atomic E-state index is 10.7. The van der Waals surface area contributed by atoms with Gasteiger partial charge in [0.1, 0.15) is 17.2 Å². The number of fused-ring (bicyclic) bond motifs is 1. The third-order valence-corrected chi connectivity index (χ3v) is 4.58. The number of H-pyrrole nitrogens is 1. The fourth-order valence-corrected chi connectivity index (χ4v) is 3.26. The first-order valence-electron chi connectivity index (χ1n) is 8.03. The second kappa shape index (κ2) is 6.65. The average Bonchev–Trinajstić information content (AvgIpc) is 3.07.